The molecule has 2 unspecified atom stereocenters. The molecule has 0 aromatic heterocycles. The number of nitrogens with zero attached hydrogens (tertiary/aromatic N) is 2. The van der Waals surface area contributed by atoms with Gasteiger partial charge in [-0.05, 0) is 25.7 Å². The van der Waals surface area contributed by atoms with Crippen LogP contribution in [0.3, 0.4) is 0 Å². The van der Waals surface area contributed by atoms with Gasteiger partial charge in [0, 0.05) is 18.0 Å². The molecular formula is C11H15F3N2. The summed E-state index contributed by atoms with van der Waals surface area (Å²) in [5.74, 6) is -0.0419. The van der Waals surface area contributed by atoms with Gasteiger partial charge in [-0.25, -0.2) is 0 Å². The zero-order valence-corrected chi connectivity index (χ0v) is 9.00. The van der Waals surface area contributed by atoms with Gasteiger partial charge in [-0.15, -0.1) is 0 Å². The van der Waals surface area contributed by atoms with Crippen molar-refractivity contribution in [1.29, 1.82) is 5.26 Å². The van der Waals surface area contributed by atoms with Crippen molar-refractivity contribution in [2.24, 2.45) is 5.92 Å². The molecule has 2 fully saturated rings. The number of hydrogen-bond donors (Lipinski definition) is 0. The first kappa shape index (κ1) is 11.7. The minimum absolute atomic E-state index is 0.0289. The lowest BCUT2D eigenvalue weighted by atomic mass is 9.79. The molecule has 2 atom stereocenters. The molecule has 2 saturated heterocycles. The molecule has 2 heterocycles. The van der Waals surface area contributed by atoms with E-state index in [1.807, 2.05) is 0 Å². The average molecular weight is 232 g/mol. The van der Waals surface area contributed by atoms with E-state index in [0.717, 1.165) is 19.3 Å². The highest BCUT2D eigenvalue weighted by atomic mass is 19.4. The molecule has 0 N–H and O–H groups in total. The van der Waals surface area contributed by atoms with Crippen LogP contribution in [0.5, 0.6) is 0 Å². The maximum atomic E-state index is 12.4. The average Bonchev–Trinajstić information content (AvgIpc) is 2.14. The number of rotatable bonds is 1. The summed E-state index contributed by atoms with van der Waals surface area (Å²) in [6, 6.07) is 2.15. The zero-order valence-electron chi connectivity index (χ0n) is 9.00. The highest BCUT2D eigenvalue weighted by molar-refractivity contribution is 4.99. The van der Waals surface area contributed by atoms with E-state index in [2.05, 4.69) is 6.07 Å². The van der Waals surface area contributed by atoms with Crippen LogP contribution in [0.25, 0.3) is 0 Å². The summed E-state index contributed by atoms with van der Waals surface area (Å²) < 4.78 is 37.3. The number of fused-ring (bicyclic) bond motifs is 2. The van der Waals surface area contributed by atoms with Gasteiger partial charge in [-0.2, -0.15) is 18.4 Å². The smallest absolute Gasteiger partial charge is 0.289 e. The van der Waals surface area contributed by atoms with Gasteiger partial charge in [-0.3, -0.25) is 4.90 Å². The van der Waals surface area contributed by atoms with Crippen LogP contribution in [0.1, 0.15) is 32.1 Å². The molecule has 2 rings (SSSR count). The van der Waals surface area contributed by atoms with E-state index in [1.54, 1.807) is 4.90 Å². The quantitative estimate of drug-likeness (QED) is 0.695. The van der Waals surface area contributed by atoms with Crippen LogP contribution < -0.4 is 0 Å². The topological polar surface area (TPSA) is 27.0 Å². The lowest BCUT2D eigenvalue weighted by Crippen LogP contribution is -2.54. The van der Waals surface area contributed by atoms with Crippen LogP contribution >= 0.6 is 0 Å². The van der Waals surface area contributed by atoms with Gasteiger partial charge in [0.15, 0.2) is 0 Å². The molecular weight excluding hydrogens is 217 g/mol. The summed E-state index contributed by atoms with van der Waals surface area (Å²) in [5.41, 5.74) is 0. The molecule has 0 saturated carbocycles. The number of alkyl halides is 3. The Bertz CT molecular complexity index is 281. The third-order valence-corrected chi connectivity index (χ3v) is 3.67. The van der Waals surface area contributed by atoms with Crippen molar-refractivity contribution in [2.45, 2.75) is 50.4 Å². The van der Waals surface area contributed by atoms with Crippen molar-refractivity contribution >= 4 is 0 Å². The fourth-order valence-corrected chi connectivity index (χ4v) is 3.05. The van der Waals surface area contributed by atoms with Crippen molar-refractivity contribution < 1.29 is 13.2 Å². The standard InChI is InChI=1S/C11H15F3N2/c12-11(13,14)7-16-9-2-1-3-10(16)5-8(4-9)6-15/h8-10H,1-5,7H2. The summed E-state index contributed by atoms with van der Waals surface area (Å²) in [4.78, 5) is 1.58. The van der Waals surface area contributed by atoms with Gasteiger partial charge >= 0.3 is 6.18 Å². The molecule has 16 heavy (non-hydrogen) atoms. The largest absolute Gasteiger partial charge is 0.401 e. The van der Waals surface area contributed by atoms with E-state index in [4.69, 9.17) is 5.26 Å². The molecule has 5 heteroatoms. The maximum Gasteiger partial charge on any atom is 0.401 e. The first-order chi connectivity index (χ1) is 7.49. The van der Waals surface area contributed by atoms with Gasteiger partial charge in [-0.1, -0.05) is 6.42 Å². The molecule has 0 aliphatic carbocycles. The van der Waals surface area contributed by atoms with Crippen molar-refractivity contribution in [3.8, 4) is 6.07 Å². The Labute approximate surface area is 93.0 Å². The van der Waals surface area contributed by atoms with E-state index >= 15 is 0 Å². The molecule has 0 spiro atoms. The number of piperidine rings is 2. The molecule has 90 valence electrons. The highest BCUT2D eigenvalue weighted by Crippen LogP contribution is 2.38. The van der Waals surface area contributed by atoms with Gasteiger partial charge in [0.1, 0.15) is 0 Å². The minimum Gasteiger partial charge on any atom is -0.289 e. The third-order valence-electron chi connectivity index (χ3n) is 3.67. The van der Waals surface area contributed by atoms with E-state index in [9.17, 15) is 13.2 Å². The molecule has 2 aliphatic rings. The first-order valence-electron chi connectivity index (χ1n) is 5.71. The van der Waals surface area contributed by atoms with Crippen LogP contribution in [-0.4, -0.2) is 29.7 Å². The second kappa shape index (κ2) is 4.25. The van der Waals surface area contributed by atoms with Crippen LogP contribution in [0.2, 0.25) is 0 Å². The molecule has 2 nitrogen and oxygen atoms in total. The van der Waals surface area contributed by atoms with Crippen molar-refractivity contribution in [3.05, 3.63) is 0 Å². The van der Waals surface area contributed by atoms with Crippen LogP contribution in [0.15, 0.2) is 0 Å². The van der Waals surface area contributed by atoms with Gasteiger partial charge in [0.05, 0.1) is 12.6 Å². The predicted octanol–water partition coefficient (Wildman–Crippen LogP) is 2.71. The maximum absolute atomic E-state index is 12.4. The number of hydrogen-bond acceptors (Lipinski definition) is 2. The normalized spacial score (nSPS) is 35.8. The second-order valence-corrected chi connectivity index (χ2v) is 4.82. The lowest BCUT2D eigenvalue weighted by molar-refractivity contribution is -0.166. The van der Waals surface area contributed by atoms with Crippen molar-refractivity contribution in [2.75, 3.05) is 6.54 Å². The van der Waals surface area contributed by atoms with Gasteiger partial charge in [0.25, 0.3) is 0 Å². The highest BCUT2D eigenvalue weighted by Gasteiger charge is 2.43. The summed E-state index contributed by atoms with van der Waals surface area (Å²) in [7, 11) is 0. The Morgan fingerprint density at radius 3 is 2.19 bits per heavy atom. The third kappa shape index (κ3) is 2.49. The SMILES string of the molecule is N#CC1CC2CCCC(C1)N2CC(F)(F)F. The molecule has 0 amide bonds. The second-order valence-electron chi connectivity index (χ2n) is 4.82. The molecule has 0 aromatic rings. The fourth-order valence-electron chi connectivity index (χ4n) is 3.05. The number of halogens is 3. The molecule has 2 bridgehead atoms. The van der Waals surface area contributed by atoms with Crippen molar-refractivity contribution in [3.63, 3.8) is 0 Å². The van der Waals surface area contributed by atoms with E-state index in [0.29, 0.717) is 12.8 Å². The minimum atomic E-state index is -4.12. The van der Waals surface area contributed by atoms with Crippen molar-refractivity contribution in [1.82, 2.24) is 4.90 Å². The summed E-state index contributed by atoms with van der Waals surface area (Å²) in [5, 5.41) is 8.87. The van der Waals surface area contributed by atoms with E-state index < -0.39 is 12.7 Å². The first-order valence-corrected chi connectivity index (χ1v) is 5.71. The Hall–Kier alpha value is -0.760. The fraction of sp³-hybridized carbons (Fsp3) is 0.909. The van der Waals surface area contributed by atoms with Gasteiger partial charge in [0.2, 0.25) is 0 Å². The van der Waals surface area contributed by atoms with Crippen LogP contribution in [-0.2, 0) is 0 Å². The van der Waals surface area contributed by atoms with Gasteiger partial charge < -0.3 is 0 Å². The van der Waals surface area contributed by atoms with Crippen LogP contribution in [0.4, 0.5) is 13.2 Å². The van der Waals surface area contributed by atoms with E-state index in [-0.39, 0.29) is 18.0 Å². The Morgan fingerprint density at radius 1 is 1.19 bits per heavy atom. The lowest BCUT2D eigenvalue weighted by Gasteiger charge is -2.47. The monoisotopic (exact) mass is 232 g/mol. The zero-order chi connectivity index (χ0) is 11.8. The van der Waals surface area contributed by atoms with Crippen LogP contribution in [0, 0.1) is 17.2 Å². The van der Waals surface area contributed by atoms with E-state index in [1.165, 1.54) is 0 Å². The molecule has 0 aromatic carbocycles. The Balaban J connectivity index is 2.07. The molecule has 2 aliphatic heterocycles. The Morgan fingerprint density at radius 2 is 1.75 bits per heavy atom. The number of nitriles is 1. The summed E-state index contributed by atoms with van der Waals surface area (Å²) in [6.07, 6.45) is -0.267. The predicted molar refractivity (Wildman–Crippen MR) is 52.5 cm³/mol. The summed E-state index contributed by atoms with van der Waals surface area (Å²) in [6.45, 7) is -0.805. The molecule has 0 radical (unpaired) electrons. The summed E-state index contributed by atoms with van der Waals surface area (Å²) >= 11 is 0. The Kier molecular flexibility index (Phi) is 3.11.